The van der Waals surface area contributed by atoms with Crippen LogP contribution in [0.3, 0.4) is 0 Å². The number of nitrogens with zero attached hydrogens (tertiary/aromatic N) is 3. The lowest BCUT2D eigenvalue weighted by atomic mass is 10.0. The van der Waals surface area contributed by atoms with E-state index in [4.69, 9.17) is 9.84 Å². The quantitative estimate of drug-likeness (QED) is 0.864. The minimum absolute atomic E-state index is 0.0205. The van der Waals surface area contributed by atoms with Crippen LogP contribution in [-0.2, 0) is 9.53 Å². The molecular formula is C16H25N3O4. The summed E-state index contributed by atoms with van der Waals surface area (Å²) in [6.45, 7) is 7.18. The molecule has 1 aliphatic heterocycles. The number of ether oxygens (including phenoxy) is 1. The van der Waals surface area contributed by atoms with E-state index in [-0.39, 0.29) is 30.2 Å². The lowest BCUT2D eigenvalue weighted by molar-refractivity contribution is -0.139. The van der Waals surface area contributed by atoms with Gasteiger partial charge in [-0.1, -0.05) is 6.92 Å². The molecule has 1 aromatic heterocycles. The van der Waals surface area contributed by atoms with Gasteiger partial charge in [-0.25, -0.2) is 4.79 Å². The Bertz CT molecular complexity index is 562. The van der Waals surface area contributed by atoms with Gasteiger partial charge in [0.1, 0.15) is 12.2 Å². The second-order valence-corrected chi connectivity index (χ2v) is 6.04. The first-order valence-corrected chi connectivity index (χ1v) is 8.10. The number of carboxylic acids is 1. The molecule has 7 heteroatoms. The first-order chi connectivity index (χ1) is 10.9. The van der Waals surface area contributed by atoms with Gasteiger partial charge in [0.25, 0.3) is 0 Å². The van der Waals surface area contributed by atoms with Gasteiger partial charge in [0.05, 0.1) is 24.0 Å². The van der Waals surface area contributed by atoms with Gasteiger partial charge in [0, 0.05) is 13.1 Å². The Morgan fingerprint density at radius 3 is 2.61 bits per heavy atom. The maximum atomic E-state index is 12.1. The average Bonchev–Trinajstić information content (AvgIpc) is 2.94. The van der Waals surface area contributed by atoms with E-state index in [1.54, 1.807) is 11.6 Å². The number of aromatic nitrogens is 2. The maximum Gasteiger partial charge on any atom is 0.339 e. The number of aromatic carboxylic acids is 1. The Labute approximate surface area is 136 Å². The number of rotatable bonds is 6. The molecule has 0 saturated carbocycles. The highest BCUT2D eigenvalue weighted by Gasteiger charge is 2.26. The summed E-state index contributed by atoms with van der Waals surface area (Å²) in [6, 6.07) is 0.141. The van der Waals surface area contributed by atoms with E-state index in [9.17, 15) is 9.59 Å². The van der Waals surface area contributed by atoms with Crippen molar-refractivity contribution in [3.63, 3.8) is 0 Å². The van der Waals surface area contributed by atoms with Gasteiger partial charge in [-0.3, -0.25) is 9.48 Å². The van der Waals surface area contributed by atoms with Crippen molar-refractivity contribution in [3.8, 4) is 0 Å². The topological polar surface area (TPSA) is 84.7 Å². The van der Waals surface area contributed by atoms with E-state index in [1.807, 2.05) is 18.7 Å². The smallest absolute Gasteiger partial charge is 0.339 e. The molecule has 23 heavy (non-hydrogen) atoms. The monoisotopic (exact) mass is 323 g/mol. The predicted molar refractivity (Wildman–Crippen MR) is 84.5 cm³/mol. The second-order valence-electron chi connectivity index (χ2n) is 6.04. The number of carbonyl (C=O) groups excluding carboxylic acids is 1. The van der Waals surface area contributed by atoms with E-state index in [0.29, 0.717) is 18.8 Å². The molecule has 1 amide bonds. The molecule has 1 aromatic rings. The SMILES string of the molecule is CCC(C)OCC(=O)N1CCC(n2ncc(C(=O)O)c2C)CC1. The van der Waals surface area contributed by atoms with E-state index in [2.05, 4.69) is 5.10 Å². The Morgan fingerprint density at radius 1 is 1.43 bits per heavy atom. The van der Waals surface area contributed by atoms with Crippen LogP contribution in [-0.4, -0.2) is 57.5 Å². The highest BCUT2D eigenvalue weighted by atomic mass is 16.5. The number of carboxylic acid groups (broad SMARTS) is 1. The largest absolute Gasteiger partial charge is 0.478 e. The van der Waals surface area contributed by atoms with Crippen LogP contribution >= 0.6 is 0 Å². The molecule has 1 N–H and O–H groups in total. The highest BCUT2D eigenvalue weighted by Crippen LogP contribution is 2.24. The third kappa shape index (κ3) is 4.10. The molecular weight excluding hydrogens is 298 g/mol. The Hall–Kier alpha value is -1.89. The van der Waals surface area contributed by atoms with Crippen LogP contribution < -0.4 is 0 Å². The summed E-state index contributed by atoms with van der Waals surface area (Å²) in [6.07, 6.45) is 3.93. The molecule has 0 aromatic carbocycles. The van der Waals surface area contributed by atoms with E-state index in [1.165, 1.54) is 6.20 Å². The van der Waals surface area contributed by atoms with Gasteiger partial charge in [-0.15, -0.1) is 0 Å². The summed E-state index contributed by atoms with van der Waals surface area (Å²) < 4.78 is 7.27. The highest BCUT2D eigenvalue weighted by molar-refractivity contribution is 5.88. The number of amides is 1. The molecule has 0 radical (unpaired) electrons. The van der Waals surface area contributed by atoms with Crippen molar-refractivity contribution in [2.75, 3.05) is 19.7 Å². The molecule has 0 spiro atoms. The summed E-state index contributed by atoms with van der Waals surface area (Å²) in [7, 11) is 0. The molecule has 0 bridgehead atoms. The fraction of sp³-hybridized carbons (Fsp3) is 0.688. The summed E-state index contributed by atoms with van der Waals surface area (Å²) in [5.41, 5.74) is 0.910. The molecule has 2 heterocycles. The number of carbonyl (C=O) groups is 2. The molecule has 128 valence electrons. The minimum Gasteiger partial charge on any atom is -0.478 e. The zero-order valence-corrected chi connectivity index (χ0v) is 14.0. The molecule has 1 saturated heterocycles. The van der Waals surface area contributed by atoms with Crippen molar-refractivity contribution < 1.29 is 19.4 Å². The number of hydrogen-bond acceptors (Lipinski definition) is 4. The first-order valence-electron chi connectivity index (χ1n) is 8.10. The van der Waals surface area contributed by atoms with Gasteiger partial charge in [0.2, 0.25) is 5.91 Å². The molecule has 7 nitrogen and oxygen atoms in total. The van der Waals surface area contributed by atoms with Gasteiger partial charge in [-0.2, -0.15) is 5.10 Å². The van der Waals surface area contributed by atoms with Crippen LogP contribution in [0.15, 0.2) is 6.20 Å². The summed E-state index contributed by atoms with van der Waals surface area (Å²) >= 11 is 0. The van der Waals surface area contributed by atoms with Crippen molar-refractivity contribution >= 4 is 11.9 Å². The standard InChI is InChI=1S/C16H25N3O4/c1-4-11(2)23-10-15(20)18-7-5-13(6-8-18)19-12(3)14(9-17-19)16(21)22/h9,11,13H,4-8,10H2,1-3H3,(H,21,22). The lowest BCUT2D eigenvalue weighted by Gasteiger charge is -2.32. The summed E-state index contributed by atoms with van der Waals surface area (Å²) in [5, 5.41) is 13.3. The third-order valence-electron chi connectivity index (χ3n) is 4.50. The van der Waals surface area contributed by atoms with Crippen molar-refractivity contribution in [1.82, 2.24) is 14.7 Å². The van der Waals surface area contributed by atoms with Crippen molar-refractivity contribution in [2.24, 2.45) is 0 Å². The molecule has 1 fully saturated rings. The zero-order chi connectivity index (χ0) is 17.0. The Kier molecular flexibility index (Phi) is 5.76. The summed E-state index contributed by atoms with van der Waals surface area (Å²) in [5.74, 6) is -0.935. The van der Waals surface area contributed by atoms with Crippen LogP contribution in [0.1, 0.15) is 55.2 Å². The van der Waals surface area contributed by atoms with Crippen LogP contribution in [0, 0.1) is 6.92 Å². The lowest BCUT2D eigenvalue weighted by Crippen LogP contribution is -2.41. The van der Waals surface area contributed by atoms with Gasteiger partial charge < -0.3 is 14.7 Å². The Morgan fingerprint density at radius 2 is 2.09 bits per heavy atom. The van der Waals surface area contributed by atoms with Crippen molar-refractivity contribution in [2.45, 2.75) is 52.2 Å². The number of likely N-dealkylation sites (tertiary alicyclic amines) is 1. The fourth-order valence-corrected chi connectivity index (χ4v) is 2.78. The van der Waals surface area contributed by atoms with Crippen LogP contribution in [0.2, 0.25) is 0 Å². The van der Waals surface area contributed by atoms with Gasteiger partial charge in [-0.05, 0) is 33.1 Å². The zero-order valence-electron chi connectivity index (χ0n) is 14.0. The molecule has 2 rings (SSSR count). The van der Waals surface area contributed by atoms with E-state index < -0.39 is 5.97 Å². The van der Waals surface area contributed by atoms with Crippen LogP contribution in [0.4, 0.5) is 0 Å². The van der Waals surface area contributed by atoms with E-state index in [0.717, 1.165) is 19.3 Å². The molecule has 1 atom stereocenters. The second kappa shape index (κ2) is 7.59. The van der Waals surface area contributed by atoms with Crippen molar-refractivity contribution in [1.29, 1.82) is 0 Å². The third-order valence-corrected chi connectivity index (χ3v) is 4.50. The van der Waals surface area contributed by atoms with Crippen LogP contribution in [0.5, 0.6) is 0 Å². The fourth-order valence-electron chi connectivity index (χ4n) is 2.78. The minimum atomic E-state index is -0.955. The number of piperidine rings is 1. The molecule has 0 aliphatic carbocycles. The van der Waals surface area contributed by atoms with Crippen molar-refractivity contribution in [3.05, 3.63) is 17.5 Å². The average molecular weight is 323 g/mol. The Balaban J connectivity index is 1.89. The van der Waals surface area contributed by atoms with E-state index >= 15 is 0 Å². The van der Waals surface area contributed by atoms with Gasteiger partial charge in [0.15, 0.2) is 0 Å². The molecule has 1 unspecified atom stereocenters. The summed E-state index contributed by atoms with van der Waals surface area (Å²) in [4.78, 5) is 25.0. The van der Waals surface area contributed by atoms with Gasteiger partial charge >= 0.3 is 5.97 Å². The maximum absolute atomic E-state index is 12.1. The van der Waals surface area contributed by atoms with Crippen LogP contribution in [0.25, 0.3) is 0 Å². The predicted octanol–water partition coefficient (Wildman–Crippen LogP) is 1.87. The normalized spacial score (nSPS) is 17.3. The first kappa shape index (κ1) is 17.5. The number of hydrogen-bond donors (Lipinski definition) is 1. The molecule has 1 aliphatic rings.